The lowest BCUT2D eigenvalue weighted by Crippen LogP contribution is -2.51. The van der Waals surface area contributed by atoms with Gasteiger partial charge < -0.3 is 24.8 Å². The molecular formula is C25H23F3O5. The van der Waals surface area contributed by atoms with Gasteiger partial charge in [0.1, 0.15) is 18.0 Å². The van der Waals surface area contributed by atoms with Crippen LogP contribution in [-0.4, -0.2) is 46.5 Å². The van der Waals surface area contributed by atoms with Gasteiger partial charge in [-0.2, -0.15) is 13.2 Å². The van der Waals surface area contributed by atoms with Crippen LogP contribution in [0.3, 0.4) is 0 Å². The summed E-state index contributed by atoms with van der Waals surface area (Å²) in [6.45, 7) is -0.488. The van der Waals surface area contributed by atoms with E-state index in [1.807, 2.05) is 30.3 Å². The predicted molar refractivity (Wildman–Crippen MR) is 117 cm³/mol. The number of hydrogen-bond acceptors (Lipinski definition) is 5. The highest BCUT2D eigenvalue weighted by molar-refractivity contribution is 5.88. The van der Waals surface area contributed by atoms with E-state index in [-0.39, 0.29) is 6.42 Å². The minimum absolute atomic E-state index is 0.0126. The van der Waals surface area contributed by atoms with Crippen molar-refractivity contribution in [3.63, 3.8) is 0 Å². The molecule has 0 unspecified atom stereocenters. The molecule has 4 rings (SSSR count). The Balaban J connectivity index is 1.66. The van der Waals surface area contributed by atoms with Gasteiger partial charge in [0.15, 0.2) is 0 Å². The van der Waals surface area contributed by atoms with Crippen LogP contribution in [0.25, 0.3) is 22.9 Å². The second kappa shape index (κ2) is 9.52. The second-order valence-electron chi connectivity index (χ2n) is 7.89. The molecule has 4 atom stereocenters. The van der Waals surface area contributed by atoms with Crippen molar-refractivity contribution in [2.75, 3.05) is 6.61 Å². The van der Waals surface area contributed by atoms with Gasteiger partial charge in [-0.3, -0.25) is 0 Å². The fraction of sp³-hybridized carbons (Fsp3) is 0.280. The minimum atomic E-state index is -4.44. The summed E-state index contributed by atoms with van der Waals surface area (Å²) in [5, 5.41) is 31.2. The van der Waals surface area contributed by atoms with Crippen molar-refractivity contribution >= 4 is 22.9 Å². The first-order valence-electron chi connectivity index (χ1n) is 10.4. The summed E-state index contributed by atoms with van der Waals surface area (Å²) < 4.78 is 50.7. The van der Waals surface area contributed by atoms with Crippen LogP contribution < -0.4 is 4.74 Å². The summed E-state index contributed by atoms with van der Waals surface area (Å²) >= 11 is 0. The molecule has 5 nitrogen and oxygen atoms in total. The van der Waals surface area contributed by atoms with Gasteiger partial charge in [-0.15, -0.1) is 0 Å². The second-order valence-corrected chi connectivity index (χ2v) is 7.89. The fourth-order valence-corrected chi connectivity index (χ4v) is 3.76. The Morgan fingerprint density at radius 2 is 1.70 bits per heavy atom. The lowest BCUT2D eigenvalue weighted by Gasteiger charge is -2.36. The van der Waals surface area contributed by atoms with Crippen molar-refractivity contribution in [3.8, 4) is 5.75 Å². The number of rotatable bonds is 5. The Bertz CT molecular complexity index is 1140. The van der Waals surface area contributed by atoms with Gasteiger partial charge >= 0.3 is 6.18 Å². The standard InChI is InChI=1S/C25H23F3O5/c26-25(27,28)19-7-3-4-15(10-19)8-9-18-11-16-5-1-2-6-17(16)12-21(18)32-23-13-20(30)24(31)22(14-29)33-23/h1-12,20,22-24,29-31H,13-14H2/b9-8+/t20-,22-,23-,24+/m1/s1. The molecule has 3 N–H and O–H groups in total. The van der Waals surface area contributed by atoms with Crippen molar-refractivity contribution in [2.45, 2.75) is 37.2 Å². The van der Waals surface area contributed by atoms with E-state index in [0.29, 0.717) is 16.9 Å². The van der Waals surface area contributed by atoms with Crippen molar-refractivity contribution < 1.29 is 38.0 Å². The first kappa shape index (κ1) is 23.3. The molecule has 0 radical (unpaired) electrons. The number of halogens is 3. The number of aliphatic hydroxyl groups excluding tert-OH is 3. The molecule has 0 aromatic heterocycles. The molecule has 3 aromatic rings. The highest BCUT2D eigenvalue weighted by Gasteiger charge is 2.37. The molecule has 1 aliphatic rings. The molecular weight excluding hydrogens is 437 g/mol. The summed E-state index contributed by atoms with van der Waals surface area (Å²) in [6, 6.07) is 16.1. The summed E-state index contributed by atoms with van der Waals surface area (Å²) in [7, 11) is 0. The summed E-state index contributed by atoms with van der Waals surface area (Å²) in [6.07, 6.45) is -5.53. The third-order valence-corrected chi connectivity index (χ3v) is 5.52. The molecule has 1 aliphatic heterocycles. The molecule has 8 heteroatoms. The van der Waals surface area contributed by atoms with Gasteiger partial charge in [-0.1, -0.05) is 48.6 Å². The maximum Gasteiger partial charge on any atom is 0.416 e. The molecule has 3 aromatic carbocycles. The summed E-state index contributed by atoms with van der Waals surface area (Å²) in [5.41, 5.74) is 0.227. The van der Waals surface area contributed by atoms with Crippen molar-refractivity contribution in [1.29, 1.82) is 0 Å². The van der Waals surface area contributed by atoms with Gasteiger partial charge in [0, 0.05) is 12.0 Å². The number of aliphatic hydroxyl groups is 3. The lowest BCUT2D eigenvalue weighted by atomic mass is 10.0. The first-order valence-corrected chi connectivity index (χ1v) is 10.4. The number of hydrogen-bond donors (Lipinski definition) is 3. The molecule has 0 spiro atoms. The van der Waals surface area contributed by atoms with E-state index in [1.165, 1.54) is 6.07 Å². The van der Waals surface area contributed by atoms with Crippen LogP contribution >= 0.6 is 0 Å². The molecule has 1 fully saturated rings. The van der Waals surface area contributed by atoms with Crippen molar-refractivity contribution in [1.82, 2.24) is 0 Å². The van der Waals surface area contributed by atoms with Crippen LogP contribution in [0.2, 0.25) is 0 Å². The molecule has 0 aliphatic carbocycles. The Labute approximate surface area is 188 Å². The number of alkyl halides is 3. The summed E-state index contributed by atoms with van der Waals surface area (Å²) in [5.74, 6) is 0.391. The van der Waals surface area contributed by atoms with E-state index in [1.54, 1.807) is 24.3 Å². The predicted octanol–water partition coefficient (Wildman–Crippen LogP) is 4.24. The Hall–Kier alpha value is -2.91. The van der Waals surface area contributed by atoms with Crippen molar-refractivity contribution in [2.24, 2.45) is 0 Å². The van der Waals surface area contributed by atoms with E-state index >= 15 is 0 Å². The maximum absolute atomic E-state index is 13.0. The third kappa shape index (κ3) is 5.36. The van der Waals surface area contributed by atoms with Crippen LogP contribution in [0.5, 0.6) is 5.75 Å². The monoisotopic (exact) mass is 460 g/mol. The zero-order chi connectivity index (χ0) is 23.6. The third-order valence-electron chi connectivity index (χ3n) is 5.52. The smallest absolute Gasteiger partial charge is 0.416 e. The Morgan fingerprint density at radius 3 is 2.39 bits per heavy atom. The minimum Gasteiger partial charge on any atom is -0.464 e. The molecule has 0 bridgehead atoms. The molecule has 174 valence electrons. The van der Waals surface area contributed by atoms with Crippen LogP contribution in [0.4, 0.5) is 13.2 Å². The van der Waals surface area contributed by atoms with E-state index in [2.05, 4.69) is 0 Å². The van der Waals surface area contributed by atoms with Gasteiger partial charge in [0.2, 0.25) is 6.29 Å². The normalized spacial score (nSPS) is 23.8. The van der Waals surface area contributed by atoms with Crippen LogP contribution in [0.15, 0.2) is 60.7 Å². The van der Waals surface area contributed by atoms with Crippen molar-refractivity contribution in [3.05, 3.63) is 77.4 Å². The fourth-order valence-electron chi connectivity index (χ4n) is 3.76. The van der Waals surface area contributed by atoms with Crippen LogP contribution in [-0.2, 0) is 10.9 Å². The highest BCUT2D eigenvalue weighted by atomic mass is 19.4. The molecule has 33 heavy (non-hydrogen) atoms. The van der Waals surface area contributed by atoms with Gasteiger partial charge in [0.25, 0.3) is 0 Å². The maximum atomic E-state index is 13.0. The van der Waals surface area contributed by atoms with E-state index in [4.69, 9.17) is 9.47 Å². The quantitative estimate of drug-likeness (QED) is 0.497. The zero-order valence-electron chi connectivity index (χ0n) is 17.4. The molecule has 0 amide bonds. The summed E-state index contributed by atoms with van der Waals surface area (Å²) in [4.78, 5) is 0. The molecule has 0 saturated carbocycles. The average molecular weight is 460 g/mol. The number of fused-ring (bicyclic) bond motifs is 1. The lowest BCUT2D eigenvalue weighted by molar-refractivity contribution is -0.229. The van der Waals surface area contributed by atoms with E-state index in [0.717, 1.165) is 22.9 Å². The van der Waals surface area contributed by atoms with E-state index < -0.39 is 42.9 Å². The molecule has 1 saturated heterocycles. The molecule has 1 heterocycles. The van der Waals surface area contributed by atoms with Crippen LogP contribution in [0.1, 0.15) is 23.1 Å². The van der Waals surface area contributed by atoms with Crippen LogP contribution in [0, 0.1) is 0 Å². The van der Waals surface area contributed by atoms with Gasteiger partial charge in [-0.25, -0.2) is 0 Å². The topological polar surface area (TPSA) is 79.2 Å². The Kier molecular flexibility index (Phi) is 6.71. The average Bonchev–Trinajstić information content (AvgIpc) is 2.79. The Morgan fingerprint density at radius 1 is 0.970 bits per heavy atom. The van der Waals surface area contributed by atoms with Gasteiger partial charge in [-0.05, 0) is 40.6 Å². The number of benzene rings is 3. The number of ether oxygens (including phenoxy) is 2. The SMILES string of the molecule is OC[C@H]1O[C@@H](Oc2cc3ccccc3cc2/C=C/c2cccc(C(F)(F)F)c2)C[C@@H](O)[C@@H]1O. The first-order chi connectivity index (χ1) is 15.7. The van der Waals surface area contributed by atoms with Gasteiger partial charge in [0.05, 0.1) is 18.3 Å². The van der Waals surface area contributed by atoms with E-state index in [9.17, 15) is 28.5 Å². The highest BCUT2D eigenvalue weighted by Crippen LogP contribution is 2.33. The zero-order valence-corrected chi connectivity index (χ0v) is 17.4. The largest absolute Gasteiger partial charge is 0.464 e.